The van der Waals surface area contributed by atoms with Crippen LogP contribution in [0.3, 0.4) is 0 Å². The fraction of sp³-hybridized carbons (Fsp3) is 0.930. The van der Waals surface area contributed by atoms with Crippen LogP contribution in [0, 0.1) is 0 Å². The fourth-order valence-corrected chi connectivity index (χ4v) is 7.24. The Morgan fingerprint density at radius 1 is 0.571 bits per heavy atom. The van der Waals surface area contributed by atoms with Crippen LogP contribution in [0.4, 0.5) is 0 Å². The maximum absolute atomic E-state index is 13.1. The topological polar surface area (TPSA) is 82.6 Å². The average molecular weight is 689 g/mol. The van der Waals surface area contributed by atoms with Gasteiger partial charge in [-0.25, -0.2) is 0 Å². The number of unbranched alkanes of at least 4 members (excludes halogenated alkanes) is 28. The molecule has 1 aliphatic rings. The molecule has 0 aromatic carbocycles. The van der Waals surface area contributed by atoms with Crippen molar-refractivity contribution in [2.24, 2.45) is 4.99 Å². The van der Waals surface area contributed by atoms with Crippen molar-refractivity contribution in [2.45, 2.75) is 245 Å². The normalized spacial score (nSPS) is 14.7. The van der Waals surface area contributed by atoms with Crippen LogP contribution in [0.15, 0.2) is 4.99 Å². The van der Waals surface area contributed by atoms with Gasteiger partial charge in [0.05, 0.1) is 12.6 Å². The van der Waals surface area contributed by atoms with Gasteiger partial charge in [0.15, 0.2) is 0 Å². The van der Waals surface area contributed by atoms with Crippen LogP contribution in [-0.4, -0.2) is 42.3 Å². The van der Waals surface area contributed by atoms with Gasteiger partial charge in [-0.2, -0.15) is 0 Å². The van der Waals surface area contributed by atoms with E-state index in [9.17, 15) is 9.59 Å². The molecule has 6 heteroatoms. The quantitative estimate of drug-likeness (QED) is 0.0573. The first-order valence-electron chi connectivity index (χ1n) is 21.8. The van der Waals surface area contributed by atoms with E-state index in [1.165, 1.54) is 167 Å². The molecule has 0 saturated heterocycles. The molecule has 0 fully saturated rings. The second-order valence-corrected chi connectivity index (χ2v) is 15.6. The predicted molar refractivity (Wildman–Crippen MR) is 214 cm³/mol. The summed E-state index contributed by atoms with van der Waals surface area (Å²) in [5.41, 5.74) is -0.728. The summed E-state index contributed by atoms with van der Waals surface area (Å²) in [7, 11) is 0. The molecule has 2 unspecified atom stereocenters. The summed E-state index contributed by atoms with van der Waals surface area (Å²) in [6, 6.07) is -0.245. The van der Waals surface area contributed by atoms with E-state index in [2.05, 4.69) is 34.8 Å². The molecule has 0 bridgehead atoms. The van der Waals surface area contributed by atoms with Gasteiger partial charge in [0.2, 0.25) is 11.8 Å². The van der Waals surface area contributed by atoms with Crippen molar-refractivity contribution in [1.29, 1.82) is 0 Å². The first-order chi connectivity index (χ1) is 23.9. The number of amides is 2. The van der Waals surface area contributed by atoms with Gasteiger partial charge >= 0.3 is 0 Å². The van der Waals surface area contributed by atoms with Gasteiger partial charge in [0, 0.05) is 19.4 Å². The number of carbonyl (C=O) groups is 2. The summed E-state index contributed by atoms with van der Waals surface area (Å²) in [6.07, 6.45) is 40.7. The maximum atomic E-state index is 13.1. The minimum Gasteiger partial charge on any atom is -0.370 e. The van der Waals surface area contributed by atoms with E-state index in [1.807, 2.05) is 13.8 Å². The molecule has 49 heavy (non-hydrogen) atoms. The zero-order valence-corrected chi connectivity index (χ0v) is 33.4. The molecule has 0 aromatic heterocycles. The van der Waals surface area contributed by atoms with Crippen molar-refractivity contribution in [3.63, 3.8) is 0 Å². The Balaban J connectivity index is 2.14. The van der Waals surface area contributed by atoms with Gasteiger partial charge in [-0.3, -0.25) is 14.6 Å². The Morgan fingerprint density at radius 2 is 0.898 bits per heavy atom. The van der Waals surface area contributed by atoms with E-state index in [-0.39, 0.29) is 17.9 Å². The van der Waals surface area contributed by atoms with Crippen LogP contribution in [-0.2, 0) is 9.59 Å². The van der Waals surface area contributed by atoms with Gasteiger partial charge in [-0.1, -0.05) is 194 Å². The van der Waals surface area contributed by atoms with E-state index < -0.39 is 5.54 Å². The van der Waals surface area contributed by atoms with Crippen molar-refractivity contribution in [3.8, 4) is 0 Å². The number of nitrogens with zero attached hydrogens (tertiary/aromatic N) is 1. The van der Waals surface area contributed by atoms with E-state index in [0.717, 1.165) is 38.1 Å². The minimum absolute atomic E-state index is 0.0529. The Labute approximate surface area is 305 Å². The molecule has 0 spiro atoms. The third kappa shape index (κ3) is 25.1. The van der Waals surface area contributed by atoms with E-state index in [4.69, 9.17) is 0 Å². The monoisotopic (exact) mass is 689 g/mol. The third-order valence-electron chi connectivity index (χ3n) is 10.8. The molecule has 0 saturated carbocycles. The predicted octanol–water partition coefficient (Wildman–Crippen LogP) is 11.9. The number of hydrogen-bond acceptors (Lipinski definition) is 4. The molecule has 6 nitrogen and oxygen atoms in total. The van der Waals surface area contributed by atoms with Crippen molar-refractivity contribution in [1.82, 2.24) is 16.0 Å². The fourth-order valence-electron chi connectivity index (χ4n) is 7.24. The van der Waals surface area contributed by atoms with Gasteiger partial charge in [0.1, 0.15) is 11.4 Å². The van der Waals surface area contributed by atoms with Crippen LogP contribution in [0.1, 0.15) is 233 Å². The number of hydrogen-bond donors (Lipinski definition) is 3. The van der Waals surface area contributed by atoms with Gasteiger partial charge < -0.3 is 16.0 Å². The first-order valence-corrected chi connectivity index (χ1v) is 21.8. The molecule has 0 aliphatic carbocycles. The number of rotatable bonds is 36. The van der Waals surface area contributed by atoms with E-state index in [1.54, 1.807) is 0 Å². The lowest BCUT2D eigenvalue weighted by Gasteiger charge is -2.37. The Hall–Kier alpha value is -1.59. The summed E-state index contributed by atoms with van der Waals surface area (Å²) < 4.78 is 0. The first kappa shape index (κ1) is 45.4. The lowest BCUT2D eigenvalue weighted by molar-refractivity contribution is -0.125. The van der Waals surface area contributed by atoms with Gasteiger partial charge in [0.25, 0.3) is 0 Å². The third-order valence-corrected chi connectivity index (χ3v) is 10.8. The number of nitrogens with one attached hydrogen (secondary N) is 3. The molecule has 2 amide bonds. The minimum atomic E-state index is -0.728. The summed E-state index contributed by atoms with van der Waals surface area (Å²) in [4.78, 5) is 30.6. The van der Waals surface area contributed by atoms with Crippen molar-refractivity contribution >= 4 is 17.6 Å². The number of aliphatic imine (C=N–C) groups is 1. The summed E-state index contributed by atoms with van der Waals surface area (Å²) in [5, 5.41) is 9.83. The smallest absolute Gasteiger partial charge is 0.220 e. The molecular formula is C43H84N4O2. The van der Waals surface area contributed by atoms with Crippen molar-refractivity contribution < 1.29 is 9.59 Å². The molecule has 0 radical (unpaired) electrons. The molecular weight excluding hydrogens is 604 g/mol. The van der Waals surface area contributed by atoms with Crippen LogP contribution < -0.4 is 16.0 Å². The Bertz CT molecular complexity index is 816. The van der Waals surface area contributed by atoms with E-state index in [0.29, 0.717) is 19.4 Å². The highest BCUT2D eigenvalue weighted by molar-refractivity contribution is 5.97. The Kier molecular flexibility index (Phi) is 30.0. The lowest BCUT2D eigenvalue weighted by Crippen LogP contribution is -2.66. The molecule has 3 N–H and O–H groups in total. The van der Waals surface area contributed by atoms with Gasteiger partial charge in [-0.05, 0) is 26.7 Å². The zero-order valence-electron chi connectivity index (χ0n) is 33.4. The molecule has 1 rings (SSSR count). The van der Waals surface area contributed by atoms with Crippen LogP contribution >= 0.6 is 0 Å². The van der Waals surface area contributed by atoms with E-state index >= 15 is 0 Å². The highest BCUT2D eigenvalue weighted by Crippen LogP contribution is 2.18. The Morgan fingerprint density at radius 3 is 1.22 bits per heavy atom. The average Bonchev–Trinajstić information content (AvgIpc) is 3.64. The second-order valence-electron chi connectivity index (χ2n) is 15.6. The number of carbonyl (C=O) groups excluding carboxylic acids is 2. The zero-order chi connectivity index (χ0) is 35.7. The molecule has 1 heterocycles. The van der Waals surface area contributed by atoms with Crippen LogP contribution in [0.25, 0.3) is 0 Å². The maximum Gasteiger partial charge on any atom is 0.220 e. The van der Waals surface area contributed by atoms with Crippen molar-refractivity contribution in [2.75, 3.05) is 13.1 Å². The number of amidine groups is 1. The highest BCUT2D eigenvalue weighted by atomic mass is 16.2. The van der Waals surface area contributed by atoms with Crippen LogP contribution in [0.2, 0.25) is 0 Å². The standard InChI is InChI=1S/C43H84N4O2/c1-5-7-9-11-13-15-17-19-21-23-25-27-29-31-33-35-40(48)46-39(3)43(4,42-44-37-38-45-42)47-41(49)36-34-32-30-28-26-24-22-20-18-16-14-12-10-8-6-2/h39H,5-38H2,1-4H3,(H,44,45)(H,46,48)(H,47,49). The van der Waals surface area contributed by atoms with Gasteiger partial charge in [-0.15, -0.1) is 0 Å². The highest BCUT2D eigenvalue weighted by Gasteiger charge is 2.40. The van der Waals surface area contributed by atoms with Crippen molar-refractivity contribution in [3.05, 3.63) is 0 Å². The summed E-state index contributed by atoms with van der Waals surface area (Å²) in [5.74, 6) is 0.915. The van der Waals surface area contributed by atoms with Crippen LogP contribution in [0.5, 0.6) is 0 Å². The SMILES string of the molecule is CCCCCCCCCCCCCCCCCC(=O)NC(C)C(C)(NC(=O)CCCCCCCCCCCCCCCCC)C1=NCCN1. The molecule has 288 valence electrons. The second kappa shape index (κ2) is 32.3. The molecule has 2 atom stereocenters. The summed E-state index contributed by atoms with van der Waals surface area (Å²) in [6.45, 7) is 10.1. The molecule has 0 aromatic rings. The summed E-state index contributed by atoms with van der Waals surface area (Å²) >= 11 is 0. The lowest BCUT2D eigenvalue weighted by atomic mass is 9.90. The largest absolute Gasteiger partial charge is 0.370 e. The molecule has 1 aliphatic heterocycles.